The van der Waals surface area contributed by atoms with Gasteiger partial charge in [0, 0.05) is 16.2 Å². The molecular formula is C20H24BrNO3. The molecule has 25 heavy (non-hydrogen) atoms. The van der Waals surface area contributed by atoms with Crippen molar-refractivity contribution in [2.75, 3.05) is 18.5 Å². The first-order valence-corrected chi connectivity index (χ1v) is 9.15. The average molecular weight is 406 g/mol. The first-order valence-electron chi connectivity index (χ1n) is 8.35. The molecule has 0 heterocycles. The number of hydrogen-bond donors (Lipinski definition) is 1. The maximum absolute atomic E-state index is 12.1. The molecule has 134 valence electrons. The van der Waals surface area contributed by atoms with Gasteiger partial charge in [-0.05, 0) is 55.2 Å². The van der Waals surface area contributed by atoms with Crippen LogP contribution in [0.5, 0.6) is 11.5 Å². The fraction of sp³-hybridized carbons (Fsp3) is 0.350. The smallest absolute Gasteiger partial charge is 0.262 e. The second kappa shape index (κ2) is 9.47. The maximum atomic E-state index is 12.1. The number of carbonyl (C=O) groups is 1. The molecular weight excluding hydrogens is 382 g/mol. The van der Waals surface area contributed by atoms with Crippen LogP contribution in [0, 0.1) is 12.8 Å². The van der Waals surface area contributed by atoms with Crippen molar-refractivity contribution in [1.29, 1.82) is 0 Å². The summed E-state index contributed by atoms with van der Waals surface area (Å²) < 4.78 is 12.3. The molecule has 0 saturated carbocycles. The van der Waals surface area contributed by atoms with Crippen molar-refractivity contribution >= 4 is 27.5 Å². The third kappa shape index (κ3) is 6.78. The number of rotatable bonds is 8. The molecule has 0 atom stereocenters. The van der Waals surface area contributed by atoms with E-state index in [4.69, 9.17) is 9.47 Å². The fourth-order valence-electron chi connectivity index (χ4n) is 2.13. The van der Waals surface area contributed by atoms with Crippen molar-refractivity contribution in [3.05, 3.63) is 52.5 Å². The Morgan fingerprint density at radius 1 is 1.12 bits per heavy atom. The number of benzene rings is 2. The van der Waals surface area contributed by atoms with Gasteiger partial charge in [-0.1, -0.05) is 35.8 Å². The van der Waals surface area contributed by atoms with Gasteiger partial charge in [-0.25, -0.2) is 0 Å². The third-order valence-corrected chi connectivity index (χ3v) is 4.47. The number of nitrogens with one attached hydrogen (secondary N) is 1. The van der Waals surface area contributed by atoms with Gasteiger partial charge >= 0.3 is 0 Å². The van der Waals surface area contributed by atoms with E-state index in [-0.39, 0.29) is 12.5 Å². The second-order valence-corrected chi connectivity index (χ2v) is 7.16. The normalized spacial score (nSPS) is 10.6. The van der Waals surface area contributed by atoms with Gasteiger partial charge in [0.25, 0.3) is 5.91 Å². The van der Waals surface area contributed by atoms with Crippen LogP contribution in [0.2, 0.25) is 0 Å². The van der Waals surface area contributed by atoms with Crippen molar-refractivity contribution in [3.8, 4) is 11.5 Å². The summed E-state index contributed by atoms with van der Waals surface area (Å²) in [5, 5.41) is 2.82. The number of ether oxygens (including phenoxy) is 2. The van der Waals surface area contributed by atoms with Crippen molar-refractivity contribution in [1.82, 2.24) is 0 Å². The van der Waals surface area contributed by atoms with Crippen molar-refractivity contribution < 1.29 is 14.3 Å². The SMILES string of the molecule is Cc1cc(OCC(=O)Nc2cccc(OCCC(C)C)c2)ccc1Br. The Labute approximate surface area is 157 Å². The number of hydrogen-bond acceptors (Lipinski definition) is 3. The molecule has 0 aliphatic rings. The van der Waals surface area contributed by atoms with Gasteiger partial charge in [0.05, 0.1) is 6.61 Å². The zero-order valence-electron chi connectivity index (χ0n) is 14.8. The molecule has 1 N–H and O–H groups in total. The zero-order valence-corrected chi connectivity index (χ0v) is 16.4. The summed E-state index contributed by atoms with van der Waals surface area (Å²) in [5.74, 6) is 1.81. The van der Waals surface area contributed by atoms with Gasteiger partial charge in [0.1, 0.15) is 11.5 Å². The van der Waals surface area contributed by atoms with Gasteiger partial charge < -0.3 is 14.8 Å². The number of anilines is 1. The van der Waals surface area contributed by atoms with Gasteiger partial charge in [-0.3, -0.25) is 4.79 Å². The summed E-state index contributed by atoms with van der Waals surface area (Å²) in [7, 11) is 0. The number of carbonyl (C=O) groups excluding carboxylic acids is 1. The van der Waals surface area contributed by atoms with E-state index in [0.29, 0.717) is 24.0 Å². The molecule has 0 spiro atoms. The first kappa shape index (κ1) is 19.3. The van der Waals surface area contributed by atoms with Crippen LogP contribution in [-0.4, -0.2) is 19.1 Å². The molecule has 0 radical (unpaired) electrons. The highest BCUT2D eigenvalue weighted by molar-refractivity contribution is 9.10. The molecule has 1 amide bonds. The molecule has 2 aromatic carbocycles. The predicted molar refractivity (Wildman–Crippen MR) is 104 cm³/mol. The largest absolute Gasteiger partial charge is 0.494 e. The topological polar surface area (TPSA) is 47.6 Å². The third-order valence-electron chi connectivity index (χ3n) is 3.58. The average Bonchev–Trinajstić information content (AvgIpc) is 2.56. The lowest BCUT2D eigenvalue weighted by molar-refractivity contribution is -0.118. The summed E-state index contributed by atoms with van der Waals surface area (Å²) >= 11 is 3.44. The standard InChI is InChI=1S/C20H24BrNO3/c1-14(2)9-10-24-17-6-4-5-16(12-17)22-20(23)13-25-18-7-8-19(21)15(3)11-18/h4-8,11-12,14H,9-10,13H2,1-3H3,(H,22,23). The van der Waals surface area contributed by atoms with Gasteiger partial charge in [0.2, 0.25) is 0 Å². The monoisotopic (exact) mass is 405 g/mol. The number of aryl methyl sites for hydroxylation is 1. The minimum absolute atomic E-state index is 0.0422. The highest BCUT2D eigenvalue weighted by atomic mass is 79.9. The van der Waals surface area contributed by atoms with Crippen molar-refractivity contribution in [3.63, 3.8) is 0 Å². The molecule has 0 fully saturated rings. The van der Waals surface area contributed by atoms with Crippen molar-refractivity contribution in [2.45, 2.75) is 27.2 Å². The van der Waals surface area contributed by atoms with E-state index in [2.05, 4.69) is 35.1 Å². The Bertz CT molecular complexity index is 716. The van der Waals surface area contributed by atoms with Crippen LogP contribution in [0.4, 0.5) is 5.69 Å². The molecule has 0 saturated heterocycles. The van der Waals surface area contributed by atoms with Crippen molar-refractivity contribution in [2.24, 2.45) is 5.92 Å². The molecule has 0 aromatic heterocycles. The van der Waals surface area contributed by atoms with E-state index in [1.165, 1.54) is 0 Å². The van der Waals surface area contributed by atoms with Gasteiger partial charge in [-0.2, -0.15) is 0 Å². The minimum atomic E-state index is -0.208. The van der Waals surface area contributed by atoms with E-state index >= 15 is 0 Å². The van der Waals surface area contributed by atoms with Crippen LogP contribution in [0.1, 0.15) is 25.8 Å². The summed E-state index contributed by atoms with van der Waals surface area (Å²) in [6.45, 7) is 6.92. The second-order valence-electron chi connectivity index (χ2n) is 6.31. The van der Waals surface area contributed by atoms with E-state index < -0.39 is 0 Å². The molecule has 2 rings (SSSR count). The first-order chi connectivity index (χ1) is 11.9. The minimum Gasteiger partial charge on any atom is -0.494 e. The number of halogens is 1. The van der Waals surface area contributed by atoms with E-state index in [1.807, 2.05) is 49.4 Å². The summed E-state index contributed by atoms with van der Waals surface area (Å²) in [5.41, 5.74) is 1.76. The van der Waals surface area contributed by atoms with Crippen LogP contribution in [-0.2, 0) is 4.79 Å². The summed E-state index contributed by atoms with van der Waals surface area (Å²) in [6.07, 6.45) is 0.997. The predicted octanol–water partition coefficient (Wildman–Crippen LogP) is 5.20. The molecule has 0 unspecified atom stereocenters. The van der Waals surface area contributed by atoms with Crippen LogP contribution in [0.3, 0.4) is 0 Å². The Balaban J connectivity index is 1.84. The highest BCUT2D eigenvalue weighted by Crippen LogP contribution is 2.22. The van der Waals surface area contributed by atoms with Crippen LogP contribution in [0.25, 0.3) is 0 Å². The molecule has 4 nitrogen and oxygen atoms in total. The lowest BCUT2D eigenvalue weighted by atomic mass is 10.1. The molecule has 0 bridgehead atoms. The molecule has 5 heteroatoms. The molecule has 0 aliphatic carbocycles. The fourth-order valence-corrected chi connectivity index (χ4v) is 2.38. The zero-order chi connectivity index (χ0) is 18.2. The van der Waals surface area contributed by atoms with Crippen LogP contribution >= 0.6 is 15.9 Å². The van der Waals surface area contributed by atoms with Crippen LogP contribution in [0.15, 0.2) is 46.9 Å². The Hall–Kier alpha value is -2.01. The quantitative estimate of drug-likeness (QED) is 0.656. The molecule has 0 aliphatic heterocycles. The van der Waals surface area contributed by atoms with E-state index in [1.54, 1.807) is 0 Å². The number of amides is 1. The van der Waals surface area contributed by atoms with Gasteiger partial charge in [-0.15, -0.1) is 0 Å². The Kier molecular flexibility index (Phi) is 7.31. The molecule has 2 aromatic rings. The lowest BCUT2D eigenvalue weighted by Crippen LogP contribution is -2.20. The van der Waals surface area contributed by atoms with E-state index in [9.17, 15) is 4.79 Å². The Morgan fingerprint density at radius 2 is 1.88 bits per heavy atom. The van der Waals surface area contributed by atoms with Gasteiger partial charge in [0.15, 0.2) is 6.61 Å². The maximum Gasteiger partial charge on any atom is 0.262 e. The summed E-state index contributed by atoms with van der Waals surface area (Å²) in [4.78, 5) is 12.1. The van der Waals surface area contributed by atoms with Crippen LogP contribution < -0.4 is 14.8 Å². The summed E-state index contributed by atoms with van der Waals surface area (Å²) in [6, 6.07) is 13.0. The highest BCUT2D eigenvalue weighted by Gasteiger charge is 2.06. The Morgan fingerprint density at radius 3 is 2.60 bits per heavy atom. The van der Waals surface area contributed by atoms with E-state index in [0.717, 1.165) is 22.2 Å². The lowest BCUT2D eigenvalue weighted by Gasteiger charge is -2.11.